The van der Waals surface area contributed by atoms with Gasteiger partial charge < -0.3 is 5.73 Å². The molecule has 0 spiro atoms. The molecule has 4 nitrogen and oxygen atoms in total. The van der Waals surface area contributed by atoms with Gasteiger partial charge in [0, 0.05) is 4.91 Å². The molecule has 0 heterocycles. The molecule has 0 aliphatic heterocycles. The standard InChI is InChI=1S/C9H12N4/c10-5-4-8-2-1-3-9(6-8)7-12-13-11/h1-3,6H,4-5,7,10H2. The number of nitrogens with two attached hydrogens (primary N) is 1. The highest BCUT2D eigenvalue weighted by Crippen LogP contribution is 2.06. The van der Waals surface area contributed by atoms with E-state index in [1.807, 2.05) is 24.3 Å². The highest BCUT2D eigenvalue weighted by Gasteiger charge is 1.93. The second kappa shape index (κ2) is 5.19. The van der Waals surface area contributed by atoms with Crippen molar-refractivity contribution in [2.75, 3.05) is 6.54 Å². The molecule has 1 aromatic carbocycles. The van der Waals surface area contributed by atoms with Crippen LogP contribution in [0.15, 0.2) is 29.4 Å². The first-order chi connectivity index (χ1) is 6.36. The second-order valence-corrected chi connectivity index (χ2v) is 2.75. The smallest absolute Gasteiger partial charge is 0.0510 e. The topological polar surface area (TPSA) is 74.8 Å². The zero-order chi connectivity index (χ0) is 9.52. The fourth-order valence-electron chi connectivity index (χ4n) is 1.16. The average molecular weight is 176 g/mol. The van der Waals surface area contributed by atoms with Crippen LogP contribution in [0.2, 0.25) is 0 Å². The van der Waals surface area contributed by atoms with Gasteiger partial charge in [0.1, 0.15) is 0 Å². The Bertz CT molecular complexity index is 315. The lowest BCUT2D eigenvalue weighted by Gasteiger charge is -2.00. The van der Waals surface area contributed by atoms with E-state index in [9.17, 15) is 0 Å². The van der Waals surface area contributed by atoms with Crippen molar-refractivity contribution < 1.29 is 0 Å². The molecule has 2 N–H and O–H groups in total. The molecule has 0 saturated carbocycles. The zero-order valence-electron chi connectivity index (χ0n) is 7.35. The van der Waals surface area contributed by atoms with Gasteiger partial charge in [-0.3, -0.25) is 0 Å². The molecule has 0 saturated heterocycles. The summed E-state index contributed by atoms with van der Waals surface area (Å²) in [7, 11) is 0. The fourth-order valence-corrected chi connectivity index (χ4v) is 1.16. The third-order valence-corrected chi connectivity index (χ3v) is 1.74. The summed E-state index contributed by atoms with van der Waals surface area (Å²) in [6.45, 7) is 1.06. The lowest BCUT2D eigenvalue weighted by molar-refractivity contribution is 0.957. The lowest BCUT2D eigenvalue weighted by atomic mass is 10.1. The summed E-state index contributed by atoms with van der Waals surface area (Å²) in [5.41, 5.74) is 15.8. The Kier molecular flexibility index (Phi) is 3.82. The van der Waals surface area contributed by atoms with Crippen LogP contribution in [0, 0.1) is 0 Å². The minimum absolute atomic E-state index is 0.412. The maximum Gasteiger partial charge on any atom is 0.0510 e. The van der Waals surface area contributed by atoms with Crippen LogP contribution in [0.1, 0.15) is 11.1 Å². The summed E-state index contributed by atoms with van der Waals surface area (Å²) >= 11 is 0. The van der Waals surface area contributed by atoms with E-state index in [2.05, 4.69) is 10.0 Å². The summed E-state index contributed by atoms with van der Waals surface area (Å²) in [4.78, 5) is 2.71. The van der Waals surface area contributed by atoms with Gasteiger partial charge in [-0.2, -0.15) is 0 Å². The van der Waals surface area contributed by atoms with Crippen molar-refractivity contribution in [3.8, 4) is 0 Å². The van der Waals surface area contributed by atoms with Crippen LogP contribution in [0.3, 0.4) is 0 Å². The van der Waals surface area contributed by atoms with Gasteiger partial charge in [-0.15, -0.1) is 0 Å². The molecular formula is C9H12N4. The summed E-state index contributed by atoms with van der Waals surface area (Å²) in [5, 5.41) is 3.49. The quantitative estimate of drug-likeness (QED) is 0.425. The van der Waals surface area contributed by atoms with Gasteiger partial charge in [-0.05, 0) is 29.6 Å². The number of benzene rings is 1. The number of hydrogen-bond acceptors (Lipinski definition) is 2. The van der Waals surface area contributed by atoms with E-state index in [4.69, 9.17) is 11.3 Å². The van der Waals surface area contributed by atoms with E-state index in [0.717, 1.165) is 12.0 Å². The molecule has 0 radical (unpaired) electrons. The molecule has 1 rings (SSSR count). The van der Waals surface area contributed by atoms with E-state index in [1.54, 1.807) is 0 Å². The Morgan fingerprint density at radius 3 is 2.85 bits per heavy atom. The molecule has 0 fully saturated rings. The first kappa shape index (κ1) is 9.58. The van der Waals surface area contributed by atoms with Gasteiger partial charge >= 0.3 is 0 Å². The average Bonchev–Trinajstić information content (AvgIpc) is 2.16. The lowest BCUT2D eigenvalue weighted by Crippen LogP contribution is -2.02. The molecule has 0 amide bonds. The molecule has 0 atom stereocenters. The van der Waals surface area contributed by atoms with Gasteiger partial charge in [0.2, 0.25) is 0 Å². The van der Waals surface area contributed by atoms with Crippen LogP contribution in [0.25, 0.3) is 10.4 Å². The molecule has 1 aromatic rings. The molecule has 0 unspecified atom stereocenters. The highest BCUT2D eigenvalue weighted by atomic mass is 15.1. The predicted octanol–water partition coefficient (Wildman–Crippen LogP) is 2.00. The summed E-state index contributed by atoms with van der Waals surface area (Å²) in [5.74, 6) is 0. The molecule has 0 aliphatic carbocycles. The first-order valence-electron chi connectivity index (χ1n) is 4.15. The maximum atomic E-state index is 8.14. The van der Waals surface area contributed by atoms with Crippen LogP contribution >= 0.6 is 0 Å². The minimum atomic E-state index is 0.412. The number of hydrogen-bond donors (Lipinski definition) is 1. The molecule has 13 heavy (non-hydrogen) atoms. The van der Waals surface area contributed by atoms with Gasteiger partial charge in [-0.25, -0.2) is 0 Å². The third kappa shape index (κ3) is 3.15. The second-order valence-electron chi connectivity index (χ2n) is 2.75. The minimum Gasteiger partial charge on any atom is -0.330 e. The van der Waals surface area contributed by atoms with Crippen LogP contribution in [-0.4, -0.2) is 6.54 Å². The molecule has 68 valence electrons. The van der Waals surface area contributed by atoms with Crippen molar-refractivity contribution in [3.63, 3.8) is 0 Å². The van der Waals surface area contributed by atoms with Crippen LogP contribution in [0.4, 0.5) is 0 Å². The van der Waals surface area contributed by atoms with Crippen molar-refractivity contribution in [1.82, 2.24) is 0 Å². The Morgan fingerprint density at radius 1 is 1.38 bits per heavy atom. The summed E-state index contributed by atoms with van der Waals surface area (Å²) in [6.07, 6.45) is 0.865. The van der Waals surface area contributed by atoms with E-state index in [-0.39, 0.29) is 0 Å². The highest BCUT2D eigenvalue weighted by molar-refractivity contribution is 5.23. The summed E-state index contributed by atoms with van der Waals surface area (Å²) < 4.78 is 0. The van der Waals surface area contributed by atoms with Crippen LogP contribution < -0.4 is 5.73 Å². The van der Waals surface area contributed by atoms with E-state index in [0.29, 0.717) is 13.1 Å². The number of azide groups is 1. The Labute approximate surface area is 77.0 Å². The van der Waals surface area contributed by atoms with Crippen molar-refractivity contribution in [3.05, 3.63) is 45.8 Å². The predicted molar refractivity (Wildman–Crippen MR) is 52.1 cm³/mol. The van der Waals surface area contributed by atoms with Gasteiger partial charge in [0.15, 0.2) is 0 Å². The monoisotopic (exact) mass is 176 g/mol. The largest absolute Gasteiger partial charge is 0.330 e. The Hall–Kier alpha value is -1.51. The zero-order valence-corrected chi connectivity index (χ0v) is 7.35. The van der Waals surface area contributed by atoms with Gasteiger partial charge in [0.05, 0.1) is 6.54 Å². The van der Waals surface area contributed by atoms with Gasteiger partial charge in [0.25, 0.3) is 0 Å². The Morgan fingerprint density at radius 2 is 2.15 bits per heavy atom. The van der Waals surface area contributed by atoms with E-state index in [1.165, 1.54) is 5.56 Å². The summed E-state index contributed by atoms with van der Waals surface area (Å²) in [6, 6.07) is 7.93. The molecule has 0 aliphatic rings. The number of rotatable bonds is 4. The van der Waals surface area contributed by atoms with Crippen LogP contribution in [-0.2, 0) is 13.0 Å². The van der Waals surface area contributed by atoms with E-state index >= 15 is 0 Å². The molecular weight excluding hydrogens is 164 g/mol. The van der Waals surface area contributed by atoms with Crippen molar-refractivity contribution in [2.24, 2.45) is 10.8 Å². The Balaban J connectivity index is 2.72. The fraction of sp³-hybridized carbons (Fsp3) is 0.333. The SMILES string of the molecule is [N-]=[N+]=NCc1cccc(CCN)c1. The van der Waals surface area contributed by atoms with Crippen molar-refractivity contribution in [2.45, 2.75) is 13.0 Å². The van der Waals surface area contributed by atoms with Crippen LogP contribution in [0.5, 0.6) is 0 Å². The first-order valence-corrected chi connectivity index (χ1v) is 4.15. The molecule has 0 bridgehead atoms. The van der Waals surface area contributed by atoms with Crippen molar-refractivity contribution in [1.29, 1.82) is 0 Å². The van der Waals surface area contributed by atoms with Crippen molar-refractivity contribution >= 4 is 0 Å². The maximum absolute atomic E-state index is 8.14. The number of nitrogens with zero attached hydrogens (tertiary/aromatic N) is 3. The van der Waals surface area contributed by atoms with Gasteiger partial charge in [-0.1, -0.05) is 29.4 Å². The third-order valence-electron chi connectivity index (χ3n) is 1.74. The normalized spacial score (nSPS) is 9.31. The molecule has 0 aromatic heterocycles. The van der Waals surface area contributed by atoms with E-state index < -0.39 is 0 Å². The molecule has 4 heteroatoms.